The van der Waals surface area contributed by atoms with Crippen molar-refractivity contribution in [3.8, 4) is 0 Å². The van der Waals surface area contributed by atoms with Gasteiger partial charge in [0, 0.05) is 11.0 Å². The van der Waals surface area contributed by atoms with Gasteiger partial charge in [-0.1, -0.05) is 13.0 Å². The molecule has 0 bridgehead atoms. The Bertz CT molecular complexity index is 547. The van der Waals surface area contributed by atoms with E-state index in [2.05, 4.69) is 21.2 Å². The predicted octanol–water partition coefficient (Wildman–Crippen LogP) is 3.08. The number of hydrogen-bond donors (Lipinski definition) is 2. The fourth-order valence-electron chi connectivity index (χ4n) is 2.46. The van der Waals surface area contributed by atoms with E-state index in [0.29, 0.717) is 18.7 Å². The normalized spacial score (nSPS) is 21.9. The first-order valence-electron chi connectivity index (χ1n) is 6.46. The van der Waals surface area contributed by atoms with Gasteiger partial charge in [-0.15, -0.1) is 0 Å². The molecule has 6 heteroatoms. The molecule has 2 unspecified atom stereocenters. The van der Waals surface area contributed by atoms with Crippen LogP contribution in [0.5, 0.6) is 0 Å². The first-order chi connectivity index (χ1) is 9.40. The molecule has 2 N–H and O–H groups in total. The molecule has 1 saturated heterocycles. The number of aliphatic carboxylic acids is 1. The Morgan fingerprint density at radius 3 is 2.75 bits per heavy atom. The van der Waals surface area contributed by atoms with E-state index in [1.807, 2.05) is 26.0 Å². The van der Waals surface area contributed by atoms with Crippen molar-refractivity contribution in [2.45, 2.75) is 26.3 Å². The quantitative estimate of drug-likeness (QED) is 0.869. The van der Waals surface area contributed by atoms with Crippen molar-refractivity contribution in [3.05, 3.63) is 28.2 Å². The molecule has 5 nitrogen and oxygen atoms in total. The van der Waals surface area contributed by atoms with E-state index in [9.17, 15) is 14.7 Å². The molecule has 2 rings (SSSR count). The van der Waals surface area contributed by atoms with Crippen LogP contribution in [0.3, 0.4) is 0 Å². The fraction of sp³-hybridized carbons (Fsp3) is 0.429. The molecular formula is C14H17BrN2O3. The first kappa shape index (κ1) is 14.8. The summed E-state index contributed by atoms with van der Waals surface area (Å²) in [5, 5.41) is 12.0. The molecule has 1 aromatic carbocycles. The second kappa shape index (κ2) is 5.83. The third kappa shape index (κ3) is 2.95. The monoisotopic (exact) mass is 340 g/mol. The van der Waals surface area contributed by atoms with Crippen LogP contribution in [-0.2, 0) is 4.79 Å². The van der Waals surface area contributed by atoms with Crippen LogP contribution in [0.2, 0.25) is 0 Å². The van der Waals surface area contributed by atoms with Gasteiger partial charge in [-0.2, -0.15) is 0 Å². The number of rotatable bonds is 2. The Labute approximate surface area is 126 Å². The number of nitrogens with one attached hydrogen (secondary N) is 1. The topological polar surface area (TPSA) is 69.6 Å². The lowest BCUT2D eigenvalue weighted by molar-refractivity contribution is -0.142. The summed E-state index contributed by atoms with van der Waals surface area (Å²) in [6.07, 6.45) is 0.708. The van der Waals surface area contributed by atoms with E-state index in [4.69, 9.17) is 0 Å². The highest BCUT2D eigenvalue weighted by atomic mass is 79.9. The third-order valence-electron chi connectivity index (χ3n) is 3.58. The minimum Gasteiger partial charge on any atom is -0.480 e. The SMILES string of the molecule is Cc1ccc(NC(=O)N2CCC(C)C2C(=O)O)c(Br)c1. The van der Waals surface area contributed by atoms with Crippen LogP contribution in [0.1, 0.15) is 18.9 Å². The molecule has 2 amide bonds. The molecule has 1 aliphatic heterocycles. The Morgan fingerprint density at radius 2 is 2.15 bits per heavy atom. The number of likely N-dealkylation sites (tertiary alicyclic amines) is 1. The second-order valence-corrected chi connectivity index (χ2v) is 6.01. The van der Waals surface area contributed by atoms with E-state index in [0.717, 1.165) is 10.0 Å². The molecule has 1 aromatic rings. The number of hydrogen-bond acceptors (Lipinski definition) is 2. The Hall–Kier alpha value is -1.56. The van der Waals surface area contributed by atoms with E-state index in [1.165, 1.54) is 4.90 Å². The largest absolute Gasteiger partial charge is 0.480 e. The number of carboxylic acids is 1. The van der Waals surface area contributed by atoms with E-state index >= 15 is 0 Å². The molecule has 1 heterocycles. The standard InChI is InChI=1S/C14H17BrN2O3/c1-8-3-4-11(10(15)7-8)16-14(20)17-6-5-9(2)12(17)13(18)19/h3-4,7,9,12H,5-6H2,1-2H3,(H,16,20)(H,18,19). The van der Waals surface area contributed by atoms with Crippen molar-refractivity contribution in [2.24, 2.45) is 5.92 Å². The van der Waals surface area contributed by atoms with Crippen molar-refractivity contribution in [1.82, 2.24) is 4.90 Å². The van der Waals surface area contributed by atoms with Gasteiger partial charge in [0.1, 0.15) is 6.04 Å². The van der Waals surface area contributed by atoms with E-state index < -0.39 is 12.0 Å². The fourth-order valence-corrected chi connectivity index (χ4v) is 3.05. The van der Waals surface area contributed by atoms with Crippen LogP contribution in [0.25, 0.3) is 0 Å². The zero-order valence-electron chi connectivity index (χ0n) is 11.4. The second-order valence-electron chi connectivity index (χ2n) is 5.16. The number of carbonyl (C=O) groups excluding carboxylic acids is 1. The summed E-state index contributed by atoms with van der Waals surface area (Å²) in [4.78, 5) is 24.9. The van der Waals surface area contributed by atoms with Crippen LogP contribution < -0.4 is 5.32 Å². The number of benzene rings is 1. The van der Waals surface area contributed by atoms with Crippen molar-refractivity contribution in [1.29, 1.82) is 0 Å². The van der Waals surface area contributed by atoms with Crippen LogP contribution >= 0.6 is 15.9 Å². The summed E-state index contributed by atoms with van der Waals surface area (Å²) < 4.78 is 0.782. The molecule has 2 atom stereocenters. The molecule has 0 saturated carbocycles. The third-order valence-corrected chi connectivity index (χ3v) is 4.24. The number of carboxylic acid groups (broad SMARTS) is 1. The Balaban J connectivity index is 2.14. The zero-order valence-corrected chi connectivity index (χ0v) is 13.0. The number of carbonyl (C=O) groups is 2. The van der Waals surface area contributed by atoms with Gasteiger partial charge in [0.15, 0.2) is 0 Å². The van der Waals surface area contributed by atoms with Crippen LogP contribution in [0.4, 0.5) is 10.5 Å². The molecule has 20 heavy (non-hydrogen) atoms. The number of aryl methyl sites for hydroxylation is 1. The van der Waals surface area contributed by atoms with Gasteiger partial charge >= 0.3 is 12.0 Å². The van der Waals surface area contributed by atoms with Gasteiger partial charge < -0.3 is 15.3 Å². The van der Waals surface area contributed by atoms with Gasteiger partial charge in [-0.25, -0.2) is 9.59 Å². The lowest BCUT2D eigenvalue weighted by atomic mass is 10.0. The van der Waals surface area contributed by atoms with Gasteiger partial charge in [0.2, 0.25) is 0 Å². The summed E-state index contributed by atoms with van der Waals surface area (Å²) >= 11 is 3.39. The highest BCUT2D eigenvalue weighted by molar-refractivity contribution is 9.10. The molecule has 0 spiro atoms. The predicted molar refractivity (Wildman–Crippen MR) is 79.8 cm³/mol. The lowest BCUT2D eigenvalue weighted by Gasteiger charge is -2.24. The maximum absolute atomic E-state index is 12.2. The molecule has 0 aromatic heterocycles. The average molecular weight is 341 g/mol. The highest BCUT2D eigenvalue weighted by Gasteiger charge is 2.39. The van der Waals surface area contributed by atoms with Gasteiger partial charge in [-0.05, 0) is 52.9 Å². The van der Waals surface area contributed by atoms with E-state index in [-0.39, 0.29) is 11.9 Å². The molecule has 0 aliphatic carbocycles. The maximum Gasteiger partial charge on any atom is 0.326 e. The summed E-state index contributed by atoms with van der Waals surface area (Å²) in [6.45, 7) is 4.28. The van der Waals surface area contributed by atoms with Crippen LogP contribution in [-0.4, -0.2) is 34.6 Å². The van der Waals surface area contributed by atoms with Gasteiger partial charge in [0.25, 0.3) is 0 Å². The Kier molecular flexibility index (Phi) is 4.32. The van der Waals surface area contributed by atoms with Crippen molar-refractivity contribution >= 4 is 33.6 Å². The molecular weight excluding hydrogens is 324 g/mol. The molecule has 1 fully saturated rings. The summed E-state index contributed by atoms with van der Waals surface area (Å²) in [7, 11) is 0. The average Bonchev–Trinajstić information content (AvgIpc) is 2.74. The zero-order chi connectivity index (χ0) is 14.9. The smallest absolute Gasteiger partial charge is 0.326 e. The number of amides is 2. The molecule has 108 valence electrons. The number of urea groups is 1. The van der Waals surface area contributed by atoms with Gasteiger partial charge in [-0.3, -0.25) is 0 Å². The van der Waals surface area contributed by atoms with Crippen LogP contribution in [0.15, 0.2) is 22.7 Å². The van der Waals surface area contributed by atoms with Crippen molar-refractivity contribution in [3.63, 3.8) is 0 Å². The lowest BCUT2D eigenvalue weighted by Crippen LogP contribution is -2.44. The van der Waals surface area contributed by atoms with Crippen LogP contribution in [0, 0.1) is 12.8 Å². The molecule has 0 radical (unpaired) electrons. The number of halogens is 1. The Morgan fingerprint density at radius 1 is 1.45 bits per heavy atom. The van der Waals surface area contributed by atoms with Crippen molar-refractivity contribution in [2.75, 3.05) is 11.9 Å². The molecule has 1 aliphatic rings. The number of nitrogens with zero attached hydrogens (tertiary/aromatic N) is 1. The van der Waals surface area contributed by atoms with Crippen molar-refractivity contribution < 1.29 is 14.7 Å². The minimum atomic E-state index is -0.951. The summed E-state index contributed by atoms with van der Waals surface area (Å²) in [6, 6.07) is 4.47. The van der Waals surface area contributed by atoms with Gasteiger partial charge in [0.05, 0.1) is 5.69 Å². The maximum atomic E-state index is 12.2. The van der Waals surface area contributed by atoms with E-state index in [1.54, 1.807) is 6.07 Å². The minimum absolute atomic E-state index is 0.0280. The summed E-state index contributed by atoms with van der Waals surface area (Å²) in [5.74, 6) is -0.979. The highest BCUT2D eigenvalue weighted by Crippen LogP contribution is 2.27. The first-order valence-corrected chi connectivity index (χ1v) is 7.26. The summed E-state index contributed by atoms with van der Waals surface area (Å²) in [5.41, 5.74) is 1.72. The number of anilines is 1.